The minimum Gasteiger partial charge on any atom is -0.455 e. The first-order valence-corrected chi connectivity index (χ1v) is 25.8. The summed E-state index contributed by atoms with van der Waals surface area (Å²) < 4.78 is 6.50. The maximum absolute atomic E-state index is 6.50. The molecule has 0 saturated heterocycles. The fourth-order valence-electron chi connectivity index (χ4n) is 12.0. The van der Waals surface area contributed by atoms with Gasteiger partial charge in [-0.25, -0.2) is 0 Å². The molecular formula is C73H49NO. The molecule has 0 unspecified atom stereocenters. The van der Waals surface area contributed by atoms with Gasteiger partial charge in [-0.2, -0.15) is 0 Å². The molecule has 0 spiro atoms. The van der Waals surface area contributed by atoms with Crippen LogP contribution in [0.3, 0.4) is 0 Å². The summed E-state index contributed by atoms with van der Waals surface area (Å²) in [6, 6.07) is 108. The van der Waals surface area contributed by atoms with Crippen LogP contribution in [-0.4, -0.2) is 0 Å². The fraction of sp³-hybridized carbons (Fsp3) is 0.0137. The number of benzene rings is 12. The number of para-hydroxylation sites is 2. The summed E-state index contributed by atoms with van der Waals surface area (Å²) in [5, 5.41) is 2.25. The van der Waals surface area contributed by atoms with Gasteiger partial charge in [0.1, 0.15) is 11.2 Å². The number of rotatable bonds is 10. The second kappa shape index (κ2) is 18.4. The van der Waals surface area contributed by atoms with E-state index in [-0.39, 0.29) is 0 Å². The maximum Gasteiger partial charge on any atom is 0.143 e. The number of hydrogen-bond donors (Lipinski definition) is 0. The number of fused-ring (bicyclic) bond motifs is 6. The van der Waals surface area contributed by atoms with E-state index in [4.69, 9.17) is 4.42 Å². The number of hydrogen-bond acceptors (Lipinski definition) is 2. The van der Waals surface area contributed by atoms with E-state index in [9.17, 15) is 0 Å². The van der Waals surface area contributed by atoms with Crippen LogP contribution in [0.25, 0.3) is 88.7 Å². The molecule has 12 aromatic carbocycles. The van der Waals surface area contributed by atoms with Crippen molar-refractivity contribution in [3.05, 3.63) is 320 Å². The number of nitrogens with zero attached hydrogens (tertiary/aromatic N) is 1. The average Bonchev–Trinajstić information content (AvgIpc) is 4.12. The first-order valence-electron chi connectivity index (χ1n) is 25.8. The van der Waals surface area contributed by atoms with Crippen LogP contribution in [0, 0.1) is 0 Å². The molecule has 1 aliphatic rings. The van der Waals surface area contributed by atoms with Crippen molar-refractivity contribution in [2.75, 3.05) is 4.90 Å². The Kier molecular flexibility index (Phi) is 10.8. The highest BCUT2D eigenvalue weighted by Crippen LogP contribution is 2.58. The van der Waals surface area contributed by atoms with Gasteiger partial charge in [0.25, 0.3) is 0 Å². The van der Waals surface area contributed by atoms with E-state index in [1.54, 1.807) is 0 Å². The molecule has 14 rings (SSSR count). The van der Waals surface area contributed by atoms with E-state index < -0.39 is 5.41 Å². The molecule has 0 amide bonds. The largest absolute Gasteiger partial charge is 0.455 e. The molecule has 352 valence electrons. The van der Waals surface area contributed by atoms with Crippen molar-refractivity contribution in [1.82, 2.24) is 0 Å². The second-order valence-corrected chi connectivity index (χ2v) is 19.5. The van der Waals surface area contributed by atoms with E-state index in [0.717, 1.165) is 55.7 Å². The quantitative estimate of drug-likeness (QED) is 0.136. The molecule has 1 aliphatic carbocycles. The first-order chi connectivity index (χ1) is 37.2. The van der Waals surface area contributed by atoms with Crippen LogP contribution in [0.5, 0.6) is 0 Å². The van der Waals surface area contributed by atoms with E-state index in [1.165, 1.54) is 72.3 Å². The highest BCUT2D eigenvalue weighted by molar-refractivity contribution is 6.09. The summed E-state index contributed by atoms with van der Waals surface area (Å²) in [7, 11) is 0. The fourth-order valence-corrected chi connectivity index (χ4v) is 12.0. The third kappa shape index (κ3) is 7.41. The average molecular weight is 956 g/mol. The highest BCUT2D eigenvalue weighted by Gasteiger charge is 2.46. The lowest BCUT2D eigenvalue weighted by Gasteiger charge is -2.34. The molecule has 0 fully saturated rings. The van der Waals surface area contributed by atoms with Crippen LogP contribution in [0.1, 0.15) is 22.3 Å². The van der Waals surface area contributed by atoms with Crippen molar-refractivity contribution in [1.29, 1.82) is 0 Å². The Balaban J connectivity index is 0.878. The van der Waals surface area contributed by atoms with Crippen LogP contribution >= 0.6 is 0 Å². The molecule has 0 radical (unpaired) electrons. The summed E-state index contributed by atoms with van der Waals surface area (Å²) in [5.41, 5.74) is 23.9. The topological polar surface area (TPSA) is 16.4 Å². The van der Waals surface area contributed by atoms with Crippen LogP contribution in [-0.2, 0) is 5.41 Å². The zero-order chi connectivity index (χ0) is 49.7. The molecule has 1 heterocycles. The lowest BCUT2D eigenvalue weighted by molar-refractivity contribution is 0.670. The molecule has 2 heteroatoms. The molecule has 1 aromatic heterocycles. The molecular weight excluding hydrogens is 907 g/mol. The van der Waals surface area contributed by atoms with Gasteiger partial charge in [-0.05, 0) is 132 Å². The smallest absolute Gasteiger partial charge is 0.143 e. The standard InChI is InChI=1S/C73H49NO/c1-5-19-51(20-6-1)61-48-41-55(49-67(61)52-21-7-2-8-22-52)50-35-42-58(43-36-50)74(60-46-39-54(40-47-60)63-30-17-31-65-64-27-14-16-34-70(64)75-72(63)65)59-44-37-53(38-45-59)62-29-18-33-69-71(62)66-28-13-15-32-68(66)73(69,56-23-9-3-10-24-56)57-25-11-4-12-26-57/h1-49H. The molecule has 2 nitrogen and oxygen atoms in total. The van der Waals surface area contributed by atoms with Crippen molar-refractivity contribution in [2.45, 2.75) is 5.41 Å². The maximum atomic E-state index is 6.50. The van der Waals surface area contributed by atoms with Gasteiger partial charge >= 0.3 is 0 Å². The van der Waals surface area contributed by atoms with Crippen molar-refractivity contribution in [2.24, 2.45) is 0 Å². The van der Waals surface area contributed by atoms with Gasteiger partial charge in [0.05, 0.1) is 5.41 Å². The molecule has 75 heavy (non-hydrogen) atoms. The van der Waals surface area contributed by atoms with Gasteiger partial charge in [0, 0.05) is 33.4 Å². The second-order valence-electron chi connectivity index (χ2n) is 19.5. The SMILES string of the molecule is c1ccc(-c2ccc(-c3ccc(N(c4ccc(-c5cccc6c5-c5ccccc5C6(c5ccccc5)c5ccccc5)cc4)c4ccc(-c5cccc6c5oc5ccccc56)cc4)cc3)cc2-c2ccccc2)cc1. The van der Waals surface area contributed by atoms with Crippen molar-refractivity contribution >= 4 is 39.0 Å². The predicted molar refractivity (Wildman–Crippen MR) is 313 cm³/mol. The summed E-state index contributed by atoms with van der Waals surface area (Å²) in [6.45, 7) is 0. The van der Waals surface area contributed by atoms with Crippen molar-refractivity contribution < 1.29 is 4.42 Å². The van der Waals surface area contributed by atoms with Crippen molar-refractivity contribution in [3.8, 4) is 66.8 Å². The summed E-state index contributed by atoms with van der Waals surface area (Å²) in [4.78, 5) is 2.37. The Morgan fingerprint density at radius 2 is 0.707 bits per heavy atom. The van der Waals surface area contributed by atoms with Crippen LogP contribution < -0.4 is 4.90 Å². The highest BCUT2D eigenvalue weighted by atomic mass is 16.3. The van der Waals surface area contributed by atoms with E-state index >= 15 is 0 Å². The molecule has 0 bridgehead atoms. The Bertz CT molecular complexity index is 4140. The molecule has 13 aromatic rings. The lowest BCUT2D eigenvalue weighted by atomic mass is 9.67. The summed E-state index contributed by atoms with van der Waals surface area (Å²) in [6.07, 6.45) is 0. The van der Waals surface area contributed by atoms with Gasteiger partial charge in [-0.1, -0.05) is 249 Å². The monoisotopic (exact) mass is 955 g/mol. The molecule has 0 atom stereocenters. The van der Waals surface area contributed by atoms with Gasteiger partial charge in [-0.15, -0.1) is 0 Å². The Morgan fingerprint density at radius 1 is 0.267 bits per heavy atom. The normalized spacial score (nSPS) is 12.4. The van der Waals surface area contributed by atoms with E-state index in [0.29, 0.717) is 0 Å². The number of anilines is 3. The van der Waals surface area contributed by atoms with Gasteiger partial charge < -0.3 is 9.32 Å². The van der Waals surface area contributed by atoms with Gasteiger partial charge in [-0.3, -0.25) is 0 Å². The van der Waals surface area contributed by atoms with Crippen molar-refractivity contribution in [3.63, 3.8) is 0 Å². The Morgan fingerprint density at radius 3 is 1.35 bits per heavy atom. The zero-order valence-corrected chi connectivity index (χ0v) is 41.1. The zero-order valence-electron chi connectivity index (χ0n) is 41.1. The van der Waals surface area contributed by atoms with E-state index in [1.807, 2.05) is 12.1 Å². The lowest BCUT2D eigenvalue weighted by Crippen LogP contribution is -2.28. The van der Waals surface area contributed by atoms with E-state index in [2.05, 4.69) is 290 Å². The third-order valence-electron chi connectivity index (χ3n) is 15.4. The minimum atomic E-state index is -0.470. The summed E-state index contributed by atoms with van der Waals surface area (Å²) >= 11 is 0. The number of furan rings is 1. The van der Waals surface area contributed by atoms with Gasteiger partial charge in [0.15, 0.2) is 0 Å². The summed E-state index contributed by atoms with van der Waals surface area (Å²) in [5.74, 6) is 0. The van der Waals surface area contributed by atoms with Gasteiger partial charge in [0.2, 0.25) is 0 Å². The van der Waals surface area contributed by atoms with Crippen LogP contribution in [0.2, 0.25) is 0 Å². The first kappa shape index (κ1) is 44.0. The molecule has 0 saturated carbocycles. The molecule has 0 aliphatic heterocycles. The Labute approximate surface area is 437 Å². The predicted octanol–water partition coefficient (Wildman–Crippen LogP) is 19.8. The Hall–Kier alpha value is -9.76. The van der Waals surface area contributed by atoms with Crippen LogP contribution in [0.4, 0.5) is 17.1 Å². The third-order valence-corrected chi connectivity index (χ3v) is 15.4. The van der Waals surface area contributed by atoms with Crippen LogP contribution in [0.15, 0.2) is 302 Å². The molecule has 0 N–H and O–H groups in total. The minimum absolute atomic E-state index is 0.470.